The number of thiazole rings is 1. The van der Waals surface area contributed by atoms with E-state index in [4.69, 9.17) is 4.98 Å². The molecule has 6 heteroatoms. The molecule has 1 aliphatic heterocycles. The monoisotopic (exact) mass is 387 g/mol. The Kier molecular flexibility index (Phi) is 5.72. The van der Waals surface area contributed by atoms with Gasteiger partial charge in [0.25, 0.3) is 0 Å². The molecule has 1 saturated carbocycles. The largest absolute Gasteiger partial charge is 0.353 e. The van der Waals surface area contributed by atoms with Crippen molar-refractivity contribution in [2.75, 3.05) is 18.0 Å². The summed E-state index contributed by atoms with van der Waals surface area (Å²) < 4.78 is 13.1. The Bertz CT molecular complexity index is 762. The van der Waals surface area contributed by atoms with Gasteiger partial charge >= 0.3 is 0 Å². The van der Waals surface area contributed by atoms with Gasteiger partial charge in [0, 0.05) is 36.0 Å². The Balaban J connectivity index is 1.30. The van der Waals surface area contributed by atoms with E-state index in [2.05, 4.69) is 10.2 Å². The Labute approximate surface area is 163 Å². The molecule has 144 valence electrons. The van der Waals surface area contributed by atoms with Gasteiger partial charge in [-0.05, 0) is 49.9 Å². The first-order valence-electron chi connectivity index (χ1n) is 9.96. The van der Waals surface area contributed by atoms with Crippen molar-refractivity contribution in [2.45, 2.75) is 51.0 Å². The van der Waals surface area contributed by atoms with E-state index >= 15 is 0 Å². The number of benzene rings is 1. The molecule has 0 radical (unpaired) electrons. The number of amides is 1. The molecule has 1 aliphatic carbocycles. The highest BCUT2D eigenvalue weighted by molar-refractivity contribution is 7.14. The number of nitrogens with zero attached hydrogens (tertiary/aromatic N) is 2. The highest BCUT2D eigenvalue weighted by atomic mass is 32.1. The second kappa shape index (κ2) is 8.38. The number of aromatic nitrogens is 1. The number of anilines is 1. The van der Waals surface area contributed by atoms with Crippen LogP contribution in [0.5, 0.6) is 0 Å². The van der Waals surface area contributed by atoms with Gasteiger partial charge in [-0.2, -0.15) is 0 Å². The van der Waals surface area contributed by atoms with E-state index in [9.17, 15) is 9.18 Å². The van der Waals surface area contributed by atoms with Crippen LogP contribution in [0, 0.1) is 11.7 Å². The zero-order valence-electron chi connectivity index (χ0n) is 15.5. The van der Waals surface area contributed by atoms with E-state index in [1.54, 1.807) is 23.5 Å². The lowest BCUT2D eigenvalue weighted by Gasteiger charge is -2.33. The third kappa shape index (κ3) is 4.49. The number of piperidine rings is 1. The first-order chi connectivity index (χ1) is 13.2. The van der Waals surface area contributed by atoms with Crippen LogP contribution < -0.4 is 10.2 Å². The highest BCUT2D eigenvalue weighted by Crippen LogP contribution is 2.30. The number of rotatable bonds is 4. The van der Waals surface area contributed by atoms with Crippen LogP contribution in [0.4, 0.5) is 9.52 Å². The molecule has 2 aromatic rings. The summed E-state index contributed by atoms with van der Waals surface area (Å²) in [5.74, 6) is 0.265. The van der Waals surface area contributed by atoms with Crippen molar-refractivity contribution < 1.29 is 9.18 Å². The molecule has 27 heavy (non-hydrogen) atoms. The van der Waals surface area contributed by atoms with Crippen molar-refractivity contribution >= 4 is 22.4 Å². The van der Waals surface area contributed by atoms with E-state index in [1.807, 2.05) is 5.38 Å². The number of hydrogen-bond acceptors (Lipinski definition) is 4. The summed E-state index contributed by atoms with van der Waals surface area (Å²) in [6, 6.07) is 6.75. The third-order valence-corrected chi connectivity index (χ3v) is 6.62. The summed E-state index contributed by atoms with van der Waals surface area (Å²) >= 11 is 1.63. The topological polar surface area (TPSA) is 45.2 Å². The van der Waals surface area contributed by atoms with Crippen LogP contribution in [0.1, 0.15) is 44.9 Å². The van der Waals surface area contributed by atoms with Crippen LogP contribution in [0.3, 0.4) is 0 Å². The Morgan fingerprint density at radius 2 is 1.78 bits per heavy atom. The van der Waals surface area contributed by atoms with Crippen LogP contribution in [0.15, 0.2) is 29.6 Å². The minimum absolute atomic E-state index is 0.230. The van der Waals surface area contributed by atoms with Crippen LogP contribution in [-0.2, 0) is 4.79 Å². The normalized spacial score (nSPS) is 19.2. The lowest BCUT2D eigenvalue weighted by atomic mass is 9.88. The first kappa shape index (κ1) is 18.4. The van der Waals surface area contributed by atoms with E-state index in [0.29, 0.717) is 0 Å². The van der Waals surface area contributed by atoms with Gasteiger partial charge in [-0.25, -0.2) is 9.37 Å². The maximum absolute atomic E-state index is 13.1. The number of halogens is 1. The van der Waals surface area contributed by atoms with E-state index < -0.39 is 0 Å². The first-order valence-corrected chi connectivity index (χ1v) is 10.8. The zero-order valence-corrected chi connectivity index (χ0v) is 16.3. The van der Waals surface area contributed by atoms with Gasteiger partial charge in [0.15, 0.2) is 5.13 Å². The maximum Gasteiger partial charge on any atom is 0.223 e. The van der Waals surface area contributed by atoms with E-state index in [0.717, 1.165) is 55.2 Å². The molecular weight excluding hydrogens is 361 g/mol. The van der Waals surface area contributed by atoms with Gasteiger partial charge in [0.2, 0.25) is 5.91 Å². The summed E-state index contributed by atoms with van der Waals surface area (Å²) in [5.41, 5.74) is 1.83. The molecule has 1 aromatic carbocycles. The minimum Gasteiger partial charge on any atom is -0.353 e. The molecule has 2 aliphatic rings. The van der Waals surface area contributed by atoms with Gasteiger partial charge in [0.05, 0.1) is 5.69 Å². The smallest absolute Gasteiger partial charge is 0.223 e. The predicted octanol–water partition coefficient (Wildman–Crippen LogP) is 4.61. The van der Waals surface area contributed by atoms with Crippen molar-refractivity contribution in [1.29, 1.82) is 0 Å². The molecule has 1 amide bonds. The Hall–Kier alpha value is -1.95. The minimum atomic E-state index is -0.230. The summed E-state index contributed by atoms with van der Waals surface area (Å²) in [4.78, 5) is 19.5. The fourth-order valence-electron chi connectivity index (χ4n) is 4.06. The van der Waals surface area contributed by atoms with Crippen molar-refractivity contribution in [3.63, 3.8) is 0 Å². The van der Waals surface area contributed by atoms with Gasteiger partial charge in [-0.1, -0.05) is 19.3 Å². The Morgan fingerprint density at radius 1 is 1.07 bits per heavy atom. The second-order valence-corrected chi connectivity index (χ2v) is 8.46. The van der Waals surface area contributed by atoms with Crippen molar-refractivity contribution in [3.05, 3.63) is 35.5 Å². The van der Waals surface area contributed by atoms with Crippen molar-refractivity contribution in [3.8, 4) is 11.3 Å². The molecule has 1 N–H and O–H groups in total. The van der Waals surface area contributed by atoms with Crippen molar-refractivity contribution in [2.24, 2.45) is 5.92 Å². The highest BCUT2D eigenvalue weighted by Gasteiger charge is 2.26. The quantitative estimate of drug-likeness (QED) is 0.833. The molecule has 4 rings (SSSR count). The van der Waals surface area contributed by atoms with Crippen LogP contribution in [0.25, 0.3) is 11.3 Å². The van der Waals surface area contributed by atoms with Crippen LogP contribution in [-0.4, -0.2) is 30.0 Å². The molecular formula is C21H26FN3OS. The number of carbonyl (C=O) groups is 1. The zero-order chi connectivity index (χ0) is 18.6. The predicted molar refractivity (Wildman–Crippen MR) is 107 cm³/mol. The molecule has 0 unspecified atom stereocenters. The SMILES string of the molecule is O=C(NC1CCN(c2nc(-c3ccc(F)cc3)cs2)CC1)C1CCCCC1. The Morgan fingerprint density at radius 3 is 2.48 bits per heavy atom. The average Bonchev–Trinajstić information content (AvgIpc) is 3.20. The molecule has 1 aromatic heterocycles. The van der Waals surface area contributed by atoms with E-state index in [-0.39, 0.29) is 23.7 Å². The molecule has 0 spiro atoms. The fraction of sp³-hybridized carbons (Fsp3) is 0.524. The van der Waals surface area contributed by atoms with Gasteiger partial charge in [0.1, 0.15) is 5.82 Å². The summed E-state index contributed by atoms with van der Waals surface area (Å²) in [6.45, 7) is 1.82. The molecule has 2 fully saturated rings. The summed E-state index contributed by atoms with van der Waals surface area (Å²) in [5, 5.41) is 6.31. The number of hydrogen-bond donors (Lipinski definition) is 1. The van der Waals surface area contributed by atoms with Gasteiger partial charge < -0.3 is 10.2 Å². The lowest BCUT2D eigenvalue weighted by Crippen LogP contribution is -2.46. The van der Waals surface area contributed by atoms with E-state index in [1.165, 1.54) is 31.4 Å². The van der Waals surface area contributed by atoms with Crippen LogP contribution in [0.2, 0.25) is 0 Å². The summed E-state index contributed by atoms with van der Waals surface area (Å²) in [6.07, 6.45) is 7.68. The molecule has 2 heterocycles. The maximum atomic E-state index is 13.1. The van der Waals surface area contributed by atoms with Gasteiger partial charge in [-0.3, -0.25) is 4.79 Å². The standard InChI is InChI=1S/C21H26FN3OS/c22-17-8-6-15(7-9-17)19-14-27-21(24-19)25-12-10-18(11-13-25)23-20(26)16-4-2-1-3-5-16/h6-9,14,16,18H,1-5,10-13H2,(H,23,26). The number of nitrogens with one attached hydrogen (secondary N) is 1. The third-order valence-electron chi connectivity index (χ3n) is 5.72. The fourth-order valence-corrected chi connectivity index (χ4v) is 4.95. The van der Waals surface area contributed by atoms with Crippen LogP contribution >= 0.6 is 11.3 Å². The lowest BCUT2D eigenvalue weighted by molar-refractivity contribution is -0.126. The van der Waals surface area contributed by atoms with Gasteiger partial charge in [-0.15, -0.1) is 11.3 Å². The second-order valence-electron chi connectivity index (χ2n) is 7.63. The molecule has 1 saturated heterocycles. The summed E-state index contributed by atoms with van der Waals surface area (Å²) in [7, 11) is 0. The molecule has 0 atom stereocenters. The molecule has 0 bridgehead atoms. The average molecular weight is 388 g/mol. The number of carbonyl (C=O) groups excluding carboxylic acids is 1. The molecule has 4 nitrogen and oxygen atoms in total. The van der Waals surface area contributed by atoms with Crippen molar-refractivity contribution in [1.82, 2.24) is 10.3 Å².